The molecule has 0 amide bonds. The molecule has 0 aromatic carbocycles. The summed E-state index contributed by atoms with van der Waals surface area (Å²) in [5.74, 6) is -0.417. The molecule has 1 aliphatic heterocycles. The highest BCUT2D eigenvalue weighted by Gasteiger charge is 2.48. The standard InChI is InChI=1S/C52H92O12S/c1-3-5-7-9-11-13-15-17-19-21-22-23-24-25-26-28-30-32-34-36-38-40-42-60-44-46(45-61-52-50(56)51(64-65(57,58)59)49(55)47(43-53)63-52)62-48(54)41-39-37-35-33-31-29-27-20-18-16-14-12-10-8-6-4-2/h14-17,20-22,24-25,27,46-47,49-53,55-56H,3-13,18-19,23,26,28-45H2,1-2H3,(H,57,58,59)/b16-14-,17-15-,22-21-,25-24-,27-20-. The predicted octanol–water partition coefficient (Wildman–Crippen LogP) is 11.7. The molecule has 0 aliphatic carbocycles. The Morgan fingerprint density at radius 3 is 1.49 bits per heavy atom. The Hall–Kier alpha value is -2.20. The molecule has 6 atom stereocenters. The lowest BCUT2D eigenvalue weighted by Crippen LogP contribution is -2.60. The minimum atomic E-state index is -5.07. The van der Waals surface area contributed by atoms with Crippen molar-refractivity contribution in [2.75, 3.05) is 26.4 Å². The monoisotopic (exact) mass is 941 g/mol. The van der Waals surface area contributed by atoms with Gasteiger partial charge >= 0.3 is 16.4 Å². The summed E-state index contributed by atoms with van der Waals surface area (Å²) in [7, 11) is -5.07. The van der Waals surface area contributed by atoms with Gasteiger partial charge in [0.05, 0.1) is 19.8 Å². The SMILES string of the molecule is CCCCCC/C=C\C/C=C\CCCCCCCC(=O)OC(COCCCCCCCCC/C=C\C/C=C\C/C=C\CCCCCCC)COC1OC(CO)C(O)C(OS(=O)(=O)O)C1O. The maximum Gasteiger partial charge on any atom is 0.397 e. The second-order valence-corrected chi connectivity index (χ2v) is 18.4. The van der Waals surface area contributed by atoms with Crippen molar-refractivity contribution in [3.63, 3.8) is 0 Å². The highest BCUT2D eigenvalue weighted by molar-refractivity contribution is 7.80. The van der Waals surface area contributed by atoms with E-state index in [0.717, 1.165) is 89.9 Å². The Kier molecular flexibility index (Phi) is 40.3. The first-order valence-corrected chi connectivity index (χ1v) is 26.9. The van der Waals surface area contributed by atoms with Gasteiger partial charge in [-0.2, -0.15) is 8.42 Å². The van der Waals surface area contributed by atoms with Gasteiger partial charge in [-0.05, 0) is 83.5 Å². The molecule has 6 unspecified atom stereocenters. The van der Waals surface area contributed by atoms with Crippen LogP contribution in [0.25, 0.3) is 0 Å². The summed E-state index contributed by atoms with van der Waals surface area (Å²) in [6, 6.07) is 0. The number of unbranched alkanes of at least 4 members (excludes halogenated alkanes) is 21. The molecule has 1 fully saturated rings. The van der Waals surface area contributed by atoms with Crippen molar-refractivity contribution < 1.29 is 56.2 Å². The number of esters is 1. The van der Waals surface area contributed by atoms with Crippen LogP contribution in [0.2, 0.25) is 0 Å². The van der Waals surface area contributed by atoms with Gasteiger partial charge in [-0.3, -0.25) is 9.35 Å². The van der Waals surface area contributed by atoms with Crippen LogP contribution in [0.3, 0.4) is 0 Å². The number of allylic oxidation sites excluding steroid dienone is 10. The third-order valence-electron chi connectivity index (χ3n) is 11.4. The van der Waals surface area contributed by atoms with Crippen molar-refractivity contribution in [3.8, 4) is 0 Å². The first-order valence-electron chi connectivity index (χ1n) is 25.5. The summed E-state index contributed by atoms with van der Waals surface area (Å²) < 4.78 is 59.2. The van der Waals surface area contributed by atoms with Crippen molar-refractivity contribution in [1.29, 1.82) is 0 Å². The molecule has 0 saturated carbocycles. The number of ether oxygens (including phenoxy) is 4. The smallest absolute Gasteiger partial charge is 0.397 e. The van der Waals surface area contributed by atoms with E-state index in [0.29, 0.717) is 13.0 Å². The molecule has 0 spiro atoms. The van der Waals surface area contributed by atoms with Gasteiger partial charge in [0.25, 0.3) is 0 Å². The lowest BCUT2D eigenvalue weighted by Gasteiger charge is -2.41. The Morgan fingerprint density at radius 1 is 0.585 bits per heavy atom. The normalized spacial score (nSPS) is 20.1. The zero-order chi connectivity index (χ0) is 47.5. The average molecular weight is 941 g/mol. The molecule has 13 heteroatoms. The van der Waals surface area contributed by atoms with Crippen molar-refractivity contribution in [3.05, 3.63) is 60.8 Å². The molecule has 378 valence electrons. The first kappa shape index (κ1) is 60.8. The van der Waals surface area contributed by atoms with Crippen LogP contribution >= 0.6 is 0 Å². The molecular formula is C52H92O12S. The summed E-state index contributed by atoms with van der Waals surface area (Å²) in [5.41, 5.74) is 0. The van der Waals surface area contributed by atoms with Gasteiger partial charge in [-0.25, -0.2) is 4.18 Å². The summed E-state index contributed by atoms with van der Waals surface area (Å²) in [6.07, 6.45) is 45.3. The van der Waals surface area contributed by atoms with Gasteiger partial charge in [-0.1, -0.05) is 171 Å². The van der Waals surface area contributed by atoms with Crippen LogP contribution in [0.4, 0.5) is 0 Å². The number of aliphatic hydroxyl groups excluding tert-OH is 3. The van der Waals surface area contributed by atoms with Gasteiger partial charge < -0.3 is 34.3 Å². The van der Waals surface area contributed by atoms with E-state index in [1.165, 1.54) is 83.5 Å². The average Bonchev–Trinajstić information content (AvgIpc) is 3.28. The summed E-state index contributed by atoms with van der Waals surface area (Å²) in [4.78, 5) is 12.9. The maximum atomic E-state index is 12.9. The Labute approximate surface area is 395 Å². The van der Waals surface area contributed by atoms with Gasteiger partial charge in [-0.15, -0.1) is 0 Å². The van der Waals surface area contributed by atoms with Crippen molar-refractivity contribution >= 4 is 16.4 Å². The Balaban J connectivity index is 2.38. The number of aliphatic hydroxyl groups is 3. The quantitative estimate of drug-likeness (QED) is 0.0197. The number of hydrogen-bond donors (Lipinski definition) is 4. The molecule has 1 rings (SSSR count). The van der Waals surface area contributed by atoms with E-state index in [1.54, 1.807) is 0 Å². The second kappa shape index (κ2) is 43.1. The van der Waals surface area contributed by atoms with Gasteiger partial charge in [0, 0.05) is 13.0 Å². The molecule has 1 saturated heterocycles. The van der Waals surface area contributed by atoms with Crippen LogP contribution in [0.15, 0.2) is 60.8 Å². The molecule has 0 radical (unpaired) electrons. The number of rotatable bonds is 44. The first-order chi connectivity index (χ1) is 31.6. The molecule has 0 aromatic rings. The second-order valence-electron chi connectivity index (χ2n) is 17.4. The van der Waals surface area contributed by atoms with Crippen LogP contribution in [-0.4, -0.2) is 97.5 Å². The molecule has 1 aliphatic rings. The number of carbonyl (C=O) groups excluding carboxylic acids is 1. The largest absolute Gasteiger partial charge is 0.457 e. The fourth-order valence-electron chi connectivity index (χ4n) is 7.47. The summed E-state index contributed by atoms with van der Waals surface area (Å²) in [5, 5.41) is 30.7. The Morgan fingerprint density at radius 2 is 1.02 bits per heavy atom. The summed E-state index contributed by atoms with van der Waals surface area (Å²) >= 11 is 0. The van der Waals surface area contributed by atoms with Crippen LogP contribution in [0, 0.1) is 0 Å². The van der Waals surface area contributed by atoms with Crippen LogP contribution in [0.1, 0.15) is 200 Å². The molecule has 0 bridgehead atoms. The highest BCUT2D eigenvalue weighted by Crippen LogP contribution is 2.26. The third kappa shape index (κ3) is 36.5. The van der Waals surface area contributed by atoms with E-state index in [1.807, 2.05) is 0 Å². The van der Waals surface area contributed by atoms with Gasteiger partial charge in [0.2, 0.25) is 0 Å². The molecule has 0 aromatic heterocycles. The molecular weight excluding hydrogens is 849 g/mol. The van der Waals surface area contributed by atoms with Crippen LogP contribution < -0.4 is 0 Å². The lowest BCUT2D eigenvalue weighted by atomic mass is 9.99. The zero-order valence-corrected chi connectivity index (χ0v) is 41.4. The number of hydrogen-bond acceptors (Lipinski definition) is 11. The third-order valence-corrected chi connectivity index (χ3v) is 11.8. The minimum Gasteiger partial charge on any atom is -0.457 e. The topological polar surface area (TPSA) is 178 Å². The fraction of sp³-hybridized carbons (Fsp3) is 0.788. The maximum absolute atomic E-state index is 12.9. The van der Waals surface area contributed by atoms with E-state index in [-0.39, 0.29) is 19.6 Å². The highest BCUT2D eigenvalue weighted by atomic mass is 32.3. The van der Waals surface area contributed by atoms with E-state index in [4.69, 9.17) is 18.9 Å². The lowest BCUT2D eigenvalue weighted by molar-refractivity contribution is -0.301. The number of carbonyl (C=O) groups is 1. The van der Waals surface area contributed by atoms with Crippen LogP contribution in [0.5, 0.6) is 0 Å². The van der Waals surface area contributed by atoms with Gasteiger partial charge in [0.15, 0.2) is 6.29 Å². The van der Waals surface area contributed by atoms with E-state index in [2.05, 4.69) is 78.8 Å². The van der Waals surface area contributed by atoms with E-state index in [9.17, 15) is 33.1 Å². The fourth-order valence-corrected chi connectivity index (χ4v) is 7.98. The van der Waals surface area contributed by atoms with Crippen molar-refractivity contribution in [2.45, 2.75) is 237 Å². The molecule has 4 N–H and O–H groups in total. The van der Waals surface area contributed by atoms with Crippen molar-refractivity contribution in [2.24, 2.45) is 0 Å². The zero-order valence-electron chi connectivity index (χ0n) is 40.5. The summed E-state index contributed by atoms with van der Waals surface area (Å²) in [6.45, 7) is 3.92. The predicted molar refractivity (Wildman–Crippen MR) is 262 cm³/mol. The van der Waals surface area contributed by atoms with E-state index >= 15 is 0 Å². The Bertz CT molecular complexity index is 1360. The molecule has 12 nitrogen and oxygen atoms in total. The minimum absolute atomic E-state index is 0.0213. The van der Waals surface area contributed by atoms with Crippen molar-refractivity contribution in [1.82, 2.24) is 0 Å². The van der Waals surface area contributed by atoms with E-state index < -0.39 is 59.8 Å². The van der Waals surface area contributed by atoms with Gasteiger partial charge in [0.1, 0.15) is 30.5 Å². The molecule has 65 heavy (non-hydrogen) atoms. The molecule has 1 heterocycles. The van der Waals surface area contributed by atoms with Crippen LogP contribution in [-0.2, 0) is 38.3 Å².